The first kappa shape index (κ1) is 30.2. The summed E-state index contributed by atoms with van der Waals surface area (Å²) in [6, 6.07) is 8.06. The van der Waals surface area contributed by atoms with Crippen molar-refractivity contribution in [3.63, 3.8) is 0 Å². The van der Waals surface area contributed by atoms with Gasteiger partial charge in [0.15, 0.2) is 5.60 Å². The number of rotatable bonds is 7. The maximum Gasteiger partial charge on any atom is 1.00 e. The van der Waals surface area contributed by atoms with Crippen molar-refractivity contribution in [1.82, 2.24) is 0 Å². The van der Waals surface area contributed by atoms with Crippen LogP contribution in [0.25, 0.3) is 0 Å². The Balaban J connectivity index is -0.000000362. The van der Waals surface area contributed by atoms with Crippen LogP contribution >= 0.6 is 0 Å². The van der Waals surface area contributed by atoms with Gasteiger partial charge in [0.05, 0.1) is 25.4 Å². The van der Waals surface area contributed by atoms with Gasteiger partial charge in [0.25, 0.3) is 0 Å². The first-order chi connectivity index (χ1) is 12.4. The third-order valence-electron chi connectivity index (χ3n) is 2.47. The number of carbonyl (C=O) groups is 5. The predicted molar refractivity (Wildman–Crippen MR) is 84.6 cm³/mol. The van der Waals surface area contributed by atoms with Crippen molar-refractivity contribution in [3.8, 4) is 0 Å². The second-order valence-corrected chi connectivity index (χ2v) is 4.73. The molecule has 0 fully saturated rings. The summed E-state index contributed by atoms with van der Waals surface area (Å²) in [5.41, 5.74) is 2.05. The van der Waals surface area contributed by atoms with E-state index in [0.717, 1.165) is 0 Å². The molecule has 0 atom stereocenters. The molecular formula is C15H18NNaO11. The van der Waals surface area contributed by atoms with Crippen LogP contribution in [0.5, 0.6) is 0 Å². The molecule has 28 heavy (non-hydrogen) atoms. The molecule has 0 bridgehead atoms. The molecule has 0 spiro atoms. The molecule has 0 amide bonds. The number of carbonyl (C=O) groups excluding carboxylic acids is 1. The molecule has 1 aromatic rings. The van der Waals surface area contributed by atoms with Crippen molar-refractivity contribution in [1.29, 1.82) is 0 Å². The van der Waals surface area contributed by atoms with Gasteiger partial charge in [-0.2, -0.15) is 0 Å². The molecule has 1 rings (SSSR count). The molecule has 0 aromatic heterocycles. The second-order valence-electron chi connectivity index (χ2n) is 4.73. The summed E-state index contributed by atoms with van der Waals surface area (Å²) in [6.07, 6.45) is -2.29. The van der Waals surface area contributed by atoms with Crippen LogP contribution in [0.4, 0.5) is 0 Å². The minimum Gasteiger partial charge on any atom is -0.545 e. The molecule has 0 saturated carbocycles. The van der Waals surface area contributed by atoms with Gasteiger partial charge in [0.1, 0.15) is 0 Å². The average molecular weight is 411 g/mol. The SMILES string of the molecule is NCC(=O)O.O=C(O)CC(O)(CC(=O)O)C(=O)O.O=C([O-])c1ccccc1.[Na+]. The van der Waals surface area contributed by atoms with E-state index >= 15 is 0 Å². The fourth-order valence-electron chi connectivity index (χ4n) is 1.29. The number of carboxylic acids is 5. The fraction of sp³-hybridized carbons (Fsp3) is 0.267. The van der Waals surface area contributed by atoms with E-state index in [4.69, 9.17) is 25.5 Å². The number of hydrogen-bond acceptors (Lipinski definition) is 8. The molecule has 13 heteroatoms. The van der Waals surface area contributed by atoms with Gasteiger partial charge in [-0.1, -0.05) is 30.3 Å². The Morgan fingerprint density at radius 1 is 0.857 bits per heavy atom. The maximum atomic E-state index is 10.3. The number of aromatic carboxylic acids is 1. The van der Waals surface area contributed by atoms with Gasteiger partial charge in [-0.25, -0.2) is 4.79 Å². The molecule has 1 aromatic carbocycles. The standard InChI is InChI=1S/C7H6O2.C6H8O7.C2H5NO2.Na/c8-7(9)6-4-2-1-3-5-6;7-3(8)1-6(13,5(11)12)2-4(9)10;3-1-2(4)5;/h1-5H,(H,8,9);13H,1-2H2,(H,7,8)(H,9,10)(H,11,12);1,3H2,(H,4,5);/q;;;+1/p-1. The van der Waals surface area contributed by atoms with Crippen LogP contribution in [-0.2, 0) is 19.2 Å². The fourth-order valence-corrected chi connectivity index (χ4v) is 1.29. The van der Waals surface area contributed by atoms with Crippen molar-refractivity contribution in [2.75, 3.05) is 6.54 Å². The number of nitrogens with two attached hydrogens (primary N) is 1. The molecule has 0 saturated heterocycles. The Morgan fingerprint density at radius 3 is 1.39 bits per heavy atom. The van der Waals surface area contributed by atoms with E-state index < -0.39 is 48.3 Å². The summed E-state index contributed by atoms with van der Waals surface area (Å²) in [5.74, 6) is -7.12. The van der Waals surface area contributed by atoms with Gasteiger partial charge in [-0.15, -0.1) is 0 Å². The van der Waals surface area contributed by atoms with Crippen molar-refractivity contribution in [2.45, 2.75) is 18.4 Å². The molecule has 0 heterocycles. The van der Waals surface area contributed by atoms with Gasteiger partial charge in [0, 0.05) is 0 Å². The molecular weight excluding hydrogens is 393 g/mol. The minimum absolute atomic E-state index is 0. The van der Waals surface area contributed by atoms with Crippen LogP contribution in [0, 0.1) is 0 Å². The van der Waals surface area contributed by atoms with Crippen LogP contribution < -0.4 is 40.4 Å². The van der Waals surface area contributed by atoms with E-state index in [1.807, 2.05) is 0 Å². The smallest absolute Gasteiger partial charge is 0.545 e. The predicted octanol–water partition coefficient (Wildman–Crippen LogP) is -5.16. The largest absolute Gasteiger partial charge is 1.00 e. The number of carboxylic acid groups (broad SMARTS) is 5. The minimum atomic E-state index is -2.74. The van der Waals surface area contributed by atoms with Gasteiger partial charge in [-0.3, -0.25) is 14.4 Å². The Hall–Kier alpha value is -2.51. The van der Waals surface area contributed by atoms with E-state index in [1.54, 1.807) is 18.2 Å². The molecule has 12 nitrogen and oxygen atoms in total. The number of benzene rings is 1. The summed E-state index contributed by atoms with van der Waals surface area (Å²) in [6.45, 7) is -0.278. The first-order valence-electron chi connectivity index (χ1n) is 6.93. The molecule has 0 radical (unpaired) electrons. The average Bonchev–Trinajstić information content (AvgIpc) is 2.55. The second kappa shape index (κ2) is 15.5. The van der Waals surface area contributed by atoms with E-state index in [9.17, 15) is 29.1 Å². The van der Waals surface area contributed by atoms with Crippen LogP contribution in [0.15, 0.2) is 30.3 Å². The molecule has 0 aliphatic rings. The van der Waals surface area contributed by atoms with Crippen molar-refractivity contribution in [3.05, 3.63) is 35.9 Å². The summed E-state index contributed by atoms with van der Waals surface area (Å²) in [5, 5.41) is 51.5. The van der Waals surface area contributed by atoms with Gasteiger partial charge in [-0.05, 0) is 5.56 Å². The van der Waals surface area contributed by atoms with Crippen LogP contribution in [0.1, 0.15) is 23.2 Å². The zero-order chi connectivity index (χ0) is 21.6. The quantitative estimate of drug-likeness (QED) is 0.231. The molecule has 150 valence electrons. The number of aliphatic hydroxyl groups is 1. The van der Waals surface area contributed by atoms with Crippen molar-refractivity contribution in [2.24, 2.45) is 5.73 Å². The number of hydrogen-bond donors (Lipinski definition) is 6. The van der Waals surface area contributed by atoms with E-state index in [1.165, 1.54) is 12.1 Å². The molecule has 0 unspecified atom stereocenters. The van der Waals surface area contributed by atoms with Crippen LogP contribution in [0.2, 0.25) is 0 Å². The van der Waals surface area contributed by atoms with E-state index in [-0.39, 0.29) is 41.7 Å². The molecule has 0 aliphatic heterocycles. The zero-order valence-electron chi connectivity index (χ0n) is 14.8. The Labute approximate surface area is 180 Å². The normalized spacial score (nSPS) is 9.21. The summed E-state index contributed by atoms with van der Waals surface area (Å²) in [7, 11) is 0. The van der Waals surface area contributed by atoms with Crippen LogP contribution in [-0.4, -0.2) is 67.5 Å². The monoisotopic (exact) mass is 411 g/mol. The first-order valence-corrected chi connectivity index (χ1v) is 6.93. The molecule has 0 aliphatic carbocycles. The summed E-state index contributed by atoms with van der Waals surface area (Å²) < 4.78 is 0. The van der Waals surface area contributed by atoms with Gasteiger partial charge >= 0.3 is 53.4 Å². The maximum absolute atomic E-state index is 10.3. The topological polar surface area (TPSA) is 236 Å². The third kappa shape index (κ3) is 15.7. The molecule has 7 N–H and O–H groups in total. The van der Waals surface area contributed by atoms with Gasteiger partial charge in [0.2, 0.25) is 0 Å². The van der Waals surface area contributed by atoms with E-state index in [2.05, 4.69) is 5.73 Å². The van der Waals surface area contributed by atoms with Gasteiger partial charge < -0.3 is 41.2 Å². The van der Waals surface area contributed by atoms with Crippen molar-refractivity contribution < 1.29 is 84.2 Å². The van der Waals surface area contributed by atoms with Crippen molar-refractivity contribution >= 4 is 29.8 Å². The Kier molecular flexibility index (Phi) is 16.8. The Bertz CT molecular complexity index is 647. The summed E-state index contributed by atoms with van der Waals surface area (Å²) >= 11 is 0. The third-order valence-corrected chi connectivity index (χ3v) is 2.47. The number of aliphatic carboxylic acids is 4. The zero-order valence-corrected chi connectivity index (χ0v) is 16.8. The van der Waals surface area contributed by atoms with E-state index in [0.29, 0.717) is 0 Å². The Morgan fingerprint density at radius 2 is 1.21 bits per heavy atom. The van der Waals surface area contributed by atoms with Crippen LogP contribution in [0.3, 0.4) is 0 Å². The summed E-state index contributed by atoms with van der Waals surface area (Å²) in [4.78, 5) is 49.8.